The van der Waals surface area contributed by atoms with E-state index in [1.54, 1.807) is 28.8 Å². The van der Waals surface area contributed by atoms with Crippen LogP contribution in [0.25, 0.3) is 5.69 Å². The van der Waals surface area contributed by atoms with Crippen molar-refractivity contribution in [2.24, 2.45) is 0 Å². The van der Waals surface area contributed by atoms with Gasteiger partial charge in [0.25, 0.3) is 5.91 Å². The molecule has 6 nitrogen and oxygen atoms in total. The van der Waals surface area contributed by atoms with Gasteiger partial charge in [-0.15, -0.1) is 0 Å². The Bertz CT molecular complexity index is 1340. The molecule has 0 aliphatic rings. The molecule has 186 valence electrons. The molecule has 0 radical (unpaired) electrons. The number of aryl methyl sites for hydroxylation is 1. The van der Waals surface area contributed by atoms with Gasteiger partial charge in [0.1, 0.15) is 5.82 Å². The Morgan fingerprint density at radius 2 is 1.64 bits per heavy atom. The van der Waals surface area contributed by atoms with E-state index in [1.807, 2.05) is 75.4 Å². The number of methoxy groups -OCH3 is 1. The Morgan fingerprint density at radius 1 is 1.00 bits per heavy atom. The minimum Gasteiger partial charge on any atom is -0.493 e. The van der Waals surface area contributed by atoms with Crippen LogP contribution in [0.3, 0.4) is 0 Å². The molecule has 36 heavy (non-hydrogen) atoms. The quantitative estimate of drug-likeness (QED) is 0.268. The van der Waals surface area contributed by atoms with Crippen molar-refractivity contribution in [3.05, 3.63) is 102 Å². The normalized spacial score (nSPS) is 11.7. The average molecular weight is 488 g/mol. The Morgan fingerprint density at radius 3 is 2.31 bits per heavy atom. The maximum absolute atomic E-state index is 14.6. The number of benzene rings is 3. The van der Waals surface area contributed by atoms with Crippen LogP contribution >= 0.6 is 0 Å². The third kappa shape index (κ3) is 5.10. The topological polar surface area (TPSA) is 56.6 Å². The number of amides is 1. The van der Waals surface area contributed by atoms with Gasteiger partial charge in [-0.1, -0.05) is 49.4 Å². The molecule has 4 aromatic rings. The lowest BCUT2D eigenvalue weighted by atomic mass is 10.1. The van der Waals surface area contributed by atoms with Crippen molar-refractivity contribution in [2.75, 3.05) is 7.11 Å². The molecule has 1 aromatic heterocycles. The lowest BCUT2D eigenvalue weighted by Gasteiger charge is -2.29. The van der Waals surface area contributed by atoms with Crippen LogP contribution in [0, 0.1) is 12.7 Å². The highest BCUT2D eigenvalue weighted by molar-refractivity contribution is 5.94. The summed E-state index contributed by atoms with van der Waals surface area (Å²) in [5, 5.41) is 4.76. The third-order valence-corrected chi connectivity index (χ3v) is 6.23. The SMILES string of the molecule is CC[C@@H](C)N(Cc1c(C)nn(-c2ccccc2)c1Oc1ccccc1OC)C(=O)c1ccccc1F. The van der Waals surface area contributed by atoms with Gasteiger partial charge >= 0.3 is 0 Å². The number of hydrogen-bond donors (Lipinski definition) is 0. The Kier molecular flexibility index (Phi) is 7.68. The number of aromatic nitrogens is 2. The zero-order valence-corrected chi connectivity index (χ0v) is 20.9. The summed E-state index contributed by atoms with van der Waals surface area (Å²) in [6, 6.07) is 22.9. The van der Waals surface area contributed by atoms with Crippen molar-refractivity contribution >= 4 is 5.91 Å². The Balaban J connectivity index is 1.82. The second kappa shape index (κ2) is 11.1. The number of carbonyl (C=O) groups is 1. The molecule has 4 rings (SSSR count). The minimum atomic E-state index is -0.544. The predicted molar refractivity (Wildman–Crippen MR) is 137 cm³/mol. The van der Waals surface area contributed by atoms with Crippen LogP contribution < -0.4 is 9.47 Å². The number of ether oxygens (including phenoxy) is 2. The molecule has 0 saturated carbocycles. The number of rotatable bonds is 9. The first-order valence-corrected chi connectivity index (χ1v) is 11.9. The summed E-state index contributed by atoms with van der Waals surface area (Å²) in [7, 11) is 1.58. The first kappa shape index (κ1) is 25.0. The van der Waals surface area contributed by atoms with Gasteiger partial charge in [-0.25, -0.2) is 9.07 Å². The molecule has 1 amide bonds. The molecule has 0 unspecified atom stereocenters. The number of halogens is 1. The predicted octanol–water partition coefficient (Wildman–Crippen LogP) is 6.56. The number of para-hydroxylation sites is 3. The number of hydrogen-bond acceptors (Lipinski definition) is 4. The van der Waals surface area contributed by atoms with E-state index in [9.17, 15) is 9.18 Å². The molecule has 0 aliphatic carbocycles. The van der Waals surface area contributed by atoms with Crippen LogP contribution in [-0.2, 0) is 6.54 Å². The highest BCUT2D eigenvalue weighted by Crippen LogP contribution is 2.36. The van der Waals surface area contributed by atoms with E-state index in [4.69, 9.17) is 14.6 Å². The van der Waals surface area contributed by atoms with E-state index < -0.39 is 5.82 Å². The molecule has 7 heteroatoms. The summed E-state index contributed by atoms with van der Waals surface area (Å²) in [4.78, 5) is 15.2. The lowest BCUT2D eigenvalue weighted by Crippen LogP contribution is -2.38. The number of carbonyl (C=O) groups excluding carboxylic acids is 1. The average Bonchev–Trinajstić information content (AvgIpc) is 3.22. The summed E-state index contributed by atoms with van der Waals surface area (Å²) in [5.41, 5.74) is 2.29. The molecule has 1 atom stereocenters. The number of nitrogens with zero attached hydrogens (tertiary/aromatic N) is 3. The van der Waals surface area contributed by atoms with E-state index >= 15 is 0 Å². The van der Waals surface area contributed by atoms with Gasteiger partial charge in [-0.3, -0.25) is 4.79 Å². The molecule has 0 fully saturated rings. The maximum Gasteiger partial charge on any atom is 0.257 e. The Hall–Kier alpha value is -4.13. The van der Waals surface area contributed by atoms with E-state index in [2.05, 4.69) is 0 Å². The molecule has 3 aromatic carbocycles. The van der Waals surface area contributed by atoms with Crippen molar-refractivity contribution in [1.82, 2.24) is 14.7 Å². The zero-order valence-electron chi connectivity index (χ0n) is 20.9. The fourth-order valence-electron chi connectivity index (χ4n) is 3.98. The summed E-state index contributed by atoms with van der Waals surface area (Å²) in [6.45, 7) is 6.03. The molecule has 0 saturated heterocycles. The zero-order chi connectivity index (χ0) is 25.7. The van der Waals surface area contributed by atoms with Crippen molar-refractivity contribution in [2.45, 2.75) is 39.8 Å². The van der Waals surface area contributed by atoms with E-state index in [1.165, 1.54) is 12.1 Å². The summed E-state index contributed by atoms with van der Waals surface area (Å²) in [5.74, 6) is 0.644. The van der Waals surface area contributed by atoms with Gasteiger partial charge in [0.15, 0.2) is 11.5 Å². The minimum absolute atomic E-state index is 0.0399. The first-order chi connectivity index (χ1) is 17.4. The highest BCUT2D eigenvalue weighted by Gasteiger charge is 2.28. The summed E-state index contributed by atoms with van der Waals surface area (Å²) in [6.07, 6.45) is 0.703. The van der Waals surface area contributed by atoms with Crippen molar-refractivity contribution < 1.29 is 18.7 Å². The van der Waals surface area contributed by atoms with Gasteiger partial charge in [-0.05, 0) is 56.7 Å². The van der Waals surface area contributed by atoms with Gasteiger partial charge < -0.3 is 14.4 Å². The highest BCUT2D eigenvalue weighted by atomic mass is 19.1. The largest absolute Gasteiger partial charge is 0.493 e. The fraction of sp³-hybridized carbons (Fsp3) is 0.241. The summed E-state index contributed by atoms with van der Waals surface area (Å²) < 4.78 is 28.2. The summed E-state index contributed by atoms with van der Waals surface area (Å²) >= 11 is 0. The standard InChI is InChI=1S/C29H30FN3O3/c1-5-20(2)32(28(34)23-15-9-10-16-25(23)30)19-24-21(3)31-33(22-13-7-6-8-14-22)29(24)36-27-18-12-11-17-26(27)35-4/h6-18,20H,5,19H2,1-4H3/t20-/m1/s1. The molecule has 0 N–H and O–H groups in total. The van der Waals surface area contributed by atoms with E-state index in [0.717, 1.165) is 11.3 Å². The Labute approximate surface area is 210 Å². The van der Waals surface area contributed by atoms with Crippen LogP contribution in [0.4, 0.5) is 4.39 Å². The van der Waals surface area contributed by atoms with E-state index in [0.29, 0.717) is 29.5 Å². The van der Waals surface area contributed by atoms with Gasteiger partial charge in [0.2, 0.25) is 5.88 Å². The lowest BCUT2D eigenvalue weighted by molar-refractivity contribution is 0.0665. The molecule has 0 bridgehead atoms. The fourth-order valence-corrected chi connectivity index (χ4v) is 3.98. The van der Waals surface area contributed by atoms with Crippen LogP contribution in [0.2, 0.25) is 0 Å². The molecular weight excluding hydrogens is 457 g/mol. The second-order valence-electron chi connectivity index (χ2n) is 8.54. The molecule has 0 spiro atoms. The second-order valence-corrected chi connectivity index (χ2v) is 8.54. The van der Waals surface area contributed by atoms with Crippen LogP contribution in [0.15, 0.2) is 78.9 Å². The van der Waals surface area contributed by atoms with Crippen LogP contribution in [0.1, 0.15) is 41.9 Å². The van der Waals surface area contributed by atoms with Crippen LogP contribution in [0.5, 0.6) is 17.4 Å². The van der Waals surface area contributed by atoms with Gasteiger partial charge in [-0.2, -0.15) is 5.10 Å². The molecule has 0 aliphatic heterocycles. The van der Waals surface area contributed by atoms with Gasteiger partial charge in [0.05, 0.1) is 36.2 Å². The third-order valence-electron chi connectivity index (χ3n) is 6.23. The van der Waals surface area contributed by atoms with Gasteiger partial charge in [0, 0.05) is 6.04 Å². The molecule has 1 heterocycles. The van der Waals surface area contributed by atoms with Crippen molar-refractivity contribution in [3.63, 3.8) is 0 Å². The monoisotopic (exact) mass is 487 g/mol. The smallest absolute Gasteiger partial charge is 0.257 e. The maximum atomic E-state index is 14.6. The van der Waals surface area contributed by atoms with Crippen LogP contribution in [-0.4, -0.2) is 33.7 Å². The first-order valence-electron chi connectivity index (χ1n) is 11.9. The van der Waals surface area contributed by atoms with Crippen molar-refractivity contribution in [3.8, 4) is 23.1 Å². The van der Waals surface area contributed by atoms with Crippen molar-refractivity contribution in [1.29, 1.82) is 0 Å². The molecular formula is C29H30FN3O3. The van der Waals surface area contributed by atoms with E-state index in [-0.39, 0.29) is 24.1 Å².